The molecular formula is C20H33NO5. The number of carboxylic acids is 2. The van der Waals surface area contributed by atoms with E-state index in [9.17, 15) is 0 Å². The highest BCUT2D eigenvalue weighted by Gasteiger charge is 2.14. The maximum absolute atomic E-state index is 9.10. The molecule has 1 aromatic rings. The summed E-state index contributed by atoms with van der Waals surface area (Å²) in [5.74, 6) is -2.63. The highest BCUT2D eigenvalue weighted by Crippen LogP contribution is 2.27. The predicted molar refractivity (Wildman–Crippen MR) is 103 cm³/mol. The molecule has 1 rings (SSSR count). The van der Waals surface area contributed by atoms with Crippen molar-refractivity contribution in [2.45, 2.75) is 65.8 Å². The van der Waals surface area contributed by atoms with Crippen LogP contribution in [0.2, 0.25) is 0 Å². The van der Waals surface area contributed by atoms with Gasteiger partial charge in [-0.1, -0.05) is 46.8 Å². The van der Waals surface area contributed by atoms with E-state index in [-0.39, 0.29) is 5.41 Å². The molecule has 6 heteroatoms. The van der Waals surface area contributed by atoms with Gasteiger partial charge in [0.25, 0.3) is 0 Å². The van der Waals surface area contributed by atoms with Crippen molar-refractivity contribution in [1.82, 2.24) is 5.32 Å². The molecule has 0 amide bonds. The molecular weight excluding hydrogens is 334 g/mol. The molecule has 148 valence electrons. The highest BCUT2D eigenvalue weighted by molar-refractivity contribution is 6.27. The molecule has 0 radical (unpaired) electrons. The molecule has 0 unspecified atom stereocenters. The Bertz CT molecular complexity index is 564. The van der Waals surface area contributed by atoms with Gasteiger partial charge in [-0.15, -0.1) is 0 Å². The smallest absolute Gasteiger partial charge is 0.414 e. The van der Waals surface area contributed by atoms with E-state index < -0.39 is 11.9 Å². The molecule has 0 bridgehead atoms. The molecule has 0 heterocycles. The van der Waals surface area contributed by atoms with Gasteiger partial charge in [0.1, 0.15) is 5.75 Å². The minimum Gasteiger partial charge on any atom is -0.493 e. The predicted octanol–water partition coefficient (Wildman–Crippen LogP) is 3.61. The number of unbranched alkanes of at least 4 members (excludes halogenated alkanes) is 1. The first-order valence-corrected chi connectivity index (χ1v) is 8.88. The largest absolute Gasteiger partial charge is 0.493 e. The van der Waals surface area contributed by atoms with Gasteiger partial charge >= 0.3 is 11.9 Å². The van der Waals surface area contributed by atoms with E-state index in [1.54, 1.807) is 0 Å². The third-order valence-corrected chi connectivity index (χ3v) is 3.61. The second-order valence-corrected chi connectivity index (χ2v) is 7.50. The lowest BCUT2D eigenvalue weighted by molar-refractivity contribution is -0.159. The van der Waals surface area contributed by atoms with E-state index in [1.165, 1.54) is 11.1 Å². The Hall–Kier alpha value is -2.08. The van der Waals surface area contributed by atoms with E-state index >= 15 is 0 Å². The van der Waals surface area contributed by atoms with Gasteiger partial charge in [-0.25, -0.2) is 9.59 Å². The van der Waals surface area contributed by atoms with Gasteiger partial charge in [-0.3, -0.25) is 0 Å². The maximum atomic E-state index is 9.10. The molecule has 0 atom stereocenters. The topological polar surface area (TPSA) is 95.9 Å². The van der Waals surface area contributed by atoms with E-state index in [1.807, 2.05) is 0 Å². The summed E-state index contributed by atoms with van der Waals surface area (Å²) in [4.78, 5) is 18.2. The van der Waals surface area contributed by atoms with Crippen molar-refractivity contribution >= 4 is 11.9 Å². The summed E-state index contributed by atoms with van der Waals surface area (Å²) in [5, 5.41) is 18.2. The summed E-state index contributed by atoms with van der Waals surface area (Å²) in [6.07, 6.45) is 2.26. The molecule has 0 saturated carbocycles. The third-order valence-electron chi connectivity index (χ3n) is 3.61. The van der Waals surface area contributed by atoms with E-state index in [4.69, 9.17) is 24.5 Å². The van der Waals surface area contributed by atoms with Gasteiger partial charge in [0.15, 0.2) is 0 Å². The minimum atomic E-state index is -1.82. The number of nitrogens with one attached hydrogen (secondary N) is 1. The fourth-order valence-electron chi connectivity index (χ4n) is 2.08. The average molecular weight is 367 g/mol. The molecule has 0 saturated heterocycles. The SMILES string of the molecule is Cc1cc(C(C)(C)C)ccc1OCCCCNC(C)C.O=C(O)C(=O)O. The number of carbonyl (C=O) groups is 2. The molecule has 26 heavy (non-hydrogen) atoms. The summed E-state index contributed by atoms with van der Waals surface area (Å²) >= 11 is 0. The number of hydrogen-bond donors (Lipinski definition) is 3. The van der Waals surface area contributed by atoms with Crippen molar-refractivity contribution in [3.05, 3.63) is 29.3 Å². The number of ether oxygens (including phenoxy) is 1. The van der Waals surface area contributed by atoms with Crippen LogP contribution in [-0.2, 0) is 15.0 Å². The zero-order valence-electron chi connectivity index (χ0n) is 16.8. The normalized spacial score (nSPS) is 10.9. The van der Waals surface area contributed by atoms with Crippen LogP contribution in [0.1, 0.15) is 58.6 Å². The Balaban J connectivity index is 0.000000896. The summed E-state index contributed by atoms with van der Waals surface area (Å²) in [6.45, 7) is 15.1. The number of hydrogen-bond acceptors (Lipinski definition) is 4. The molecule has 3 N–H and O–H groups in total. The highest BCUT2D eigenvalue weighted by atomic mass is 16.5. The van der Waals surface area contributed by atoms with Crippen molar-refractivity contribution in [3.8, 4) is 5.75 Å². The van der Waals surface area contributed by atoms with Gasteiger partial charge in [-0.2, -0.15) is 0 Å². The Labute approximate surface area is 156 Å². The van der Waals surface area contributed by atoms with Crippen molar-refractivity contribution in [3.63, 3.8) is 0 Å². The maximum Gasteiger partial charge on any atom is 0.414 e. The van der Waals surface area contributed by atoms with E-state index in [0.29, 0.717) is 6.04 Å². The van der Waals surface area contributed by atoms with Crippen LogP contribution < -0.4 is 10.1 Å². The first kappa shape index (κ1) is 23.9. The number of aliphatic carboxylic acids is 2. The number of benzene rings is 1. The summed E-state index contributed by atoms with van der Waals surface area (Å²) in [7, 11) is 0. The second kappa shape index (κ2) is 11.5. The quantitative estimate of drug-likeness (QED) is 0.503. The molecule has 0 aromatic heterocycles. The van der Waals surface area contributed by atoms with Crippen molar-refractivity contribution in [2.75, 3.05) is 13.2 Å². The molecule has 0 aliphatic carbocycles. The molecule has 6 nitrogen and oxygen atoms in total. The fraction of sp³-hybridized carbons (Fsp3) is 0.600. The lowest BCUT2D eigenvalue weighted by atomic mass is 9.86. The average Bonchev–Trinajstić information content (AvgIpc) is 2.51. The Kier molecular flexibility index (Phi) is 10.6. The lowest BCUT2D eigenvalue weighted by Crippen LogP contribution is -2.23. The third kappa shape index (κ3) is 10.7. The zero-order valence-corrected chi connectivity index (χ0v) is 16.8. The molecule has 0 fully saturated rings. The van der Waals surface area contributed by atoms with Crippen LogP contribution in [0.25, 0.3) is 0 Å². The lowest BCUT2D eigenvalue weighted by Gasteiger charge is -2.20. The number of rotatable bonds is 7. The van der Waals surface area contributed by atoms with Gasteiger partial charge in [0.2, 0.25) is 0 Å². The molecule has 0 aliphatic rings. The van der Waals surface area contributed by atoms with Crippen LogP contribution in [0.5, 0.6) is 5.75 Å². The van der Waals surface area contributed by atoms with Crippen molar-refractivity contribution in [2.24, 2.45) is 0 Å². The van der Waals surface area contributed by atoms with Crippen LogP contribution in [0.4, 0.5) is 0 Å². The van der Waals surface area contributed by atoms with Crippen LogP contribution in [0.3, 0.4) is 0 Å². The van der Waals surface area contributed by atoms with Crippen LogP contribution >= 0.6 is 0 Å². The summed E-state index contributed by atoms with van der Waals surface area (Å²) < 4.78 is 5.88. The van der Waals surface area contributed by atoms with Crippen molar-refractivity contribution in [1.29, 1.82) is 0 Å². The van der Waals surface area contributed by atoms with Gasteiger partial charge in [0, 0.05) is 6.04 Å². The Morgan fingerprint density at radius 2 is 1.69 bits per heavy atom. The minimum absolute atomic E-state index is 0.200. The fourth-order valence-corrected chi connectivity index (χ4v) is 2.08. The summed E-state index contributed by atoms with van der Waals surface area (Å²) in [6, 6.07) is 7.11. The molecule has 0 aliphatic heterocycles. The van der Waals surface area contributed by atoms with E-state index in [0.717, 1.165) is 31.7 Å². The Morgan fingerprint density at radius 1 is 1.12 bits per heavy atom. The van der Waals surface area contributed by atoms with Crippen LogP contribution in [-0.4, -0.2) is 41.3 Å². The van der Waals surface area contributed by atoms with E-state index in [2.05, 4.69) is 65.1 Å². The van der Waals surface area contributed by atoms with Crippen LogP contribution in [0, 0.1) is 6.92 Å². The van der Waals surface area contributed by atoms with Gasteiger partial charge < -0.3 is 20.3 Å². The standard InChI is InChI=1S/C18H31NO.C2H2O4/c1-14(2)19-11-7-8-12-20-17-10-9-16(13-15(17)3)18(4,5)6;3-1(4)2(5)6/h9-10,13-14,19H,7-8,11-12H2,1-6H3;(H,3,4)(H,5,6). The summed E-state index contributed by atoms with van der Waals surface area (Å²) in [5.41, 5.74) is 2.80. The first-order valence-electron chi connectivity index (χ1n) is 8.88. The molecule has 0 spiro atoms. The zero-order chi connectivity index (χ0) is 20.3. The second-order valence-electron chi connectivity index (χ2n) is 7.50. The van der Waals surface area contributed by atoms with Gasteiger partial charge in [-0.05, 0) is 48.9 Å². The number of aryl methyl sites for hydroxylation is 1. The Morgan fingerprint density at radius 3 is 2.12 bits per heavy atom. The molecule has 1 aromatic carbocycles. The number of carboxylic acid groups (broad SMARTS) is 2. The van der Waals surface area contributed by atoms with Crippen molar-refractivity contribution < 1.29 is 24.5 Å². The van der Waals surface area contributed by atoms with Crippen LogP contribution in [0.15, 0.2) is 18.2 Å². The van der Waals surface area contributed by atoms with Gasteiger partial charge in [0.05, 0.1) is 6.61 Å². The monoisotopic (exact) mass is 367 g/mol. The first-order chi connectivity index (χ1) is 11.9.